The van der Waals surface area contributed by atoms with Crippen LogP contribution in [0.3, 0.4) is 0 Å². The highest BCUT2D eigenvalue weighted by Gasteiger charge is 2.16. The Hall–Kier alpha value is -1.51. The van der Waals surface area contributed by atoms with Gasteiger partial charge in [0.1, 0.15) is 5.75 Å². The first-order valence-corrected chi connectivity index (χ1v) is 7.78. The first-order chi connectivity index (χ1) is 10.1. The van der Waals surface area contributed by atoms with Crippen LogP contribution in [0, 0.1) is 0 Å². The highest BCUT2D eigenvalue weighted by atomic mass is 35.5. The molecular weight excluding hydrogens is 282 g/mol. The van der Waals surface area contributed by atoms with E-state index >= 15 is 0 Å². The Bertz CT molecular complexity index is 641. The van der Waals surface area contributed by atoms with Gasteiger partial charge in [-0.05, 0) is 48.7 Å². The summed E-state index contributed by atoms with van der Waals surface area (Å²) in [6.07, 6.45) is 1.01. The van der Waals surface area contributed by atoms with Gasteiger partial charge in [-0.1, -0.05) is 35.9 Å². The van der Waals surface area contributed by atoms with Crippen molar-refractivity contribution in [1.29, 1.82) is 0 Å². The number of ether oxygens (including phenoxy) is 1. The van der Waals surface area contributed by atoms with Gasteiger partial charge >= 0.3 is 0 Å². The molecule has 0 saturated heterocycles. The van der Waals surface area contributed by atoms with Crippen molar-refractivity contribution in [1.82, 2.24) is 5.32 Å². The molecule has 0 bridgehead atoms. The number of nitrogens with one attached hydrogen (secondary N) is 1. The summed E-state index contributed by atoms with van der Waals surface area (Å²) >= 11 is 6.06. The van der Waals surface area contributed by atoms with Gasteiger partial charge in [-0.2, -0.15) is 0 Å². The molecule has 0 radical (unpaired) electrons. The van der Waals surface area contributed by atoms with E-state index in [0.29, 0.717) is 0 Å². The van der Waals surface area contributed by atoms with Crippen LogP contribution in [0.5, 0.6) is 5.75 Å². The second kappa shape index (κ2) is 6.08. The Kier molecular flexibility index (Phi) is 4.18. The SMILES string of the molecule is CC(N[C@@H](C)c1cccc(Cl)c1)c1ccc2c(c1)CCO2. The minimum absolute atomic E-state index is 0.253. The standard InChI is InChI=1S/C18H20ClNO/c1-12(14-4-3-5-17(19)11-14)20-13(2)15-6-7-18-16(10-15)8-9-21-18/h3-7,10-13,20H,8-9H2,1-2H3/t12-,13?/m0/s1. The lowest BCUT2D eigenvalue weighted by Crippen LogP contribution is -2.22. The molecule has 1 aliphatic rings. The molecule has 0 saturated carbocycles. The fourth-order valence-corrected chi connectivity index (χ4v) is 3.02. The van der Waals surface area contributed by atoms with Crippen LogP contribution in [0.2, 0.25) is 5.02 Å². The zero-order valence-corrected chi connectivity index (χ0v) is 13.2. The predicted octanol–water partition coefficient (Wildman–Crippen LogP) is 4.69. The summed E-state index contributed by atoms with van der Waals surface area (Å²) in [5.41, 5.74) is 3.82. The minimum Gasteiger partial charge on any atom is -0.493 e. The molecule has 21 heavy (non-hydrogen) atoms. The van der Waals surface area contributed by atoms with Gasteiger partial charge in [0.05, 0.1) is 6.61 Å². The van der Waals surface area contributed by atoms with Gasteiger partial charge in [0.2, 0.25) is 0 Å². The second-order valence-corrected chi connectivity index (χ2v) is 6.07. The quantitative estimate of drug-likeness (QED) is 0.885. The molecule has 2 atom stereocenters. The van der Waals surface area contributed by atoms with Crippen LogP contribution >= 0.6 is 11.6 Å². The van der Waals surface area contributed by atoms with Crippen LogP contribution in [-0.2, 0) is 6.42 Å². The summed E-state index contributed by atoms with van der Waals surface area (Å²) in [6, 6.07) is 15.0. The lowest BCUT2D eigenvalue weighted by molar-refractivity contribution is 0.356. The molecular formula is C18H20ClNO. The molecule has 1 aliphatic heterocycles. The van der Waals surface area contributed by atoms with E-state index in [0.717, 1.165) is 23.8 Å². The summed E-state index contributed by atoms with van der Waals surface area (Å²) in [7, 11) is 0. The summed E-state index contributed by atoms with van der Waals surface area (Å²) in [5.74, 6) is 1.04. The Morgan fingerprint density at radius 1 is 1.05 bits per heavy atom. The largest absolute Gasteiger partial charge is 0.493 e. The lowest BCUT2D eigenvalue weighted by Gasteiger charge is -2.21. The molecule has 2 nitrogen and oxygen atoms in total. The molecule has 3 heteroatoms. The van der Waals surface area contributed by atoms with Crippen molar-refractivity contribution in [2.24, 2.45) is 0 Å². The topological polar surface area (TPSA) is 21.3 Å². The van der Waals surface area contributed by atoms with Gasteiger partial charge in [-0.25, -0.2) is 0 Å². The van der Waals surface area contributed by atoms with E-state index < -0.39 is 0 Å². The van der Waals surface area contributed by atoms with Gasteiger partial charge in [0.15, 0.2) is 0 Å². The smallest absolute Gasteiger partial charge is 0.122 e. The third-order valence-corrected chi connectivity index (χ3v) is 4.30. The number of fused-ring (bicyclic) bond motifs is 1. The zero-order valence-electron chi connectivity index (χ0n) is 12.4. The van der Waals surface area contributed by atoms with E-state index in [4.69, 9.17) is 16.3 Å². The van der Waals surface area contributed by atoms with Crippen molar-refractivity contribution in [3.63, 3.8) is 0 Å². The van der Waals surface area contributed by atoms with E-state index in [1.807, 2.05) is 18.2 Å². The maximum absolute atomic E-state index is 6.06. The maximum Gasteiger partial charge on any atom is 0.122 e. The average molecular weight is 302 g/mol. The molecule has 0 aliphatic carbocycles. The molecule has 1 N–H and O–H groups in total. The molecule has 1 unspecified atom stereocenters. The lowest BCUT2D eigenvalue weighted by atomic mass is 10.0. The predicted molar refractivity (Wildman–Crippen MR) is 87.1 cm³/mol. The Balaban J connectivity index is 1.72. The fourth-order valence-electron chi connectivity index (χ4n) is 2.82. The molecule has 1 heterocycles. The Labute approximate surface area is 131 Å². The molecule has 0 amide bonds. The molecule has 0 spiro atoms. The number of hydrogen-bond acceptors (Lipinski definition) is 2. The second-order valence-electron chi connectivity index (χ2n) is 5.63. The molecule has 3 rings (SSSR count). The average Bonchev–Trinajstić information content (AvgIpc) is 2.94. The van der Waals surface area contributed by atoms with Crippen molar-refractivity contribution in [2.75, 3.05) is 6.61 Å². The van der Waals surface area contributed by atoms with Gasteiger partial charge < -0.3 is 10.1 Å². The molecule has 0 fully saturated rings. The first kappa shape index (κ1) is 14.4. The summed E-state index contributed by atoms with van der Waals surface area (Å²) in [6.45, 7) is 5.16. The Morgan fingerprint density at radius 2 is 1.81 bits per heavy atom. The van der Waals surface area contributed by atoms with Crippen molar-refractivity contribution in [2.45, 2.75) is 32.4 Å². The van der Waals surface area contributed by atoms with Crippen LogP contribution in [0.25, 0.3) is 0 Å². The summed E-state index contributed by atoms with van der Waals surface area (Å²) in [4.78, 5) is 0. The van der Waals surface area contributed by atoms with E-state index in [1.165, 1.54) is 16.7 Å². The first-order valence-electron chi connectivity index (χ1n) is 7.40. The van der Waals surface area contributed by atoms with Crippen LogP contribution in [-0.4, -0.2) is 6.61 Å². The highest BCUT2D eigenvalue weighted by Crippen LogP contribution is 2.29. The number of benzene rings is 2. The fraction of sp³-hybridized carbons (Fsp3) is 0.333. The van der Waals surface area contributed by atoms with Crippen molar-refractivity contribution < 1.29 is 4.74 Å². The molecule has 0 aromatic heterocycles. The number of halogens is 1. The van der Waals surface area contributed by atoms with E-state index in [-0.39, 0.29) is 12.1 Å². The normalized spacial score (nSPS) is 16.1. The number of hydrogen-bond donors (Lipinski definition) is 1. The van der Waals surface area contributed by atoms with E-state index in [9.17, 15) is 0 Å². The van der Waals surface area contributed by atoms with Crippen molar-refractivity contribution in [3.05, 3.63) is 64.2 Å². The maximum atomic E-state index is 6.06. The van der Waals surface area contributed by atoms with Crippen LogP contribution in [0.4, 0.5) is 0 Å². The van der Waals surface area contributed by atoms with Gasteiger partial charge in [0, 0.05) is 23.5 Å². The third kappa shape index (κ3) is 3.22. The van der Waals surface area contributed by atoms with Crippen LogP contribution < -0.4 is 10.1 Å². The van der Waals surface area contributed by atoms with Crippen LogP contribution in [0.1, 0.15) is 42.6 Å². The highest BCUT2D eigenvalue weighted by molar-refractivity contribution is 6.30. The van der Waals surface area contributed by atoms with Gasteiger partial charge in [-0.15, -0.1) is 0 Å². The molecule has 2 aromatic rings. The number of rotatable bonds is 4. The third-order valence-electron chi connectivity index (χ3n) is 4.06. The van der Waals surface area contributed by atoms with Crippen molar-refractivity contribution >= 4 is 11.6 Å². The van der Waals surface area contributed by atoms with Gasteiger partial charge in [0.25, 0.3) is 0 Å². The summed E-state index contributed by atoms with van der Waals surface area (Å²) < 4.78 is 5.56. The van der Waals surface area contributed by atoms with Crippen molar-refractivity contribution in [3.8, 4) is 5.75 Å². The van der Waals surface area contributed by atoms with Gasteiger partial charge in [-0.3, -0.25) is 0 Å². The summed E-state index contributed by atoms with van der Waals surface area (Å²) in [5, 5.41) is 4.41. The molecule has 2 aromatic carbocycles. The van der Waals surface area contributed by atoms with E-state index in [1.54, 1.807) is 0 Å². The monoisotopic (exact) mass is 301 g/mol. The zero-order chi connectivity index (χ0) is 14.8. The van der Waals surface area contributed by atoms with Crippen LogP contribution in [0.15, 0.2) is 42.5 Å². The molecule has 110 valence electrons. The Morgan fingerprint density at radius 3 is 2.57 bits per heavy atom. The van der Waals surface area contributed by atoms with E-state index in [2.05, 4.69) is 43.4 Å². The minimum atomic E-state index is 0.253.